The van der Waals surface area contributed by atoms with Gasteiger partial charge in [-0.1, -0.05) is 0 Å². The number of benzene rings is 2. The van der Waals surface area contributed by atoms with Crippen LogP contribution >= 0.6 is 0 Å². The molecule has 0 bridgehead atoms. The Balaban J connectivity index is 1.61. The van der Waals surface area contributed by atoms with Crippen molar-refractivity contribution in [2.24, 2.45) is 0 Å². The van der Waals surface area contributed by atoms with E-state index < -0.39 is 0 Å². The van der Waals surface area contributed by atoms with Gasteiger partial charge in [0.05, 0.1) is 0 Å². The second-order valence-electron chi connectivity index (χ2n) is 12.0. The zero-order valence-corrected chi connectivity index (χ0v) is 27.0. The molecule has 2 aliphatic rings. The Morgan fingerprint density at radius 2 is 1.55 bits per heavy atom. The van der Waals surface area contributed by atoms with Crippen molar-refractivity contribution in [1.29, 1.82) is 0 Å². The number of alkyl halides is 1. The number of allylic oxidation sites excluding steroid dienone is 5. The van der Waals surface area contributed by atoms with E-state index in [0.29, 0.717) is 6.04 Å². The summed E-state index contributed by atoms with van der Waals surface area (Å²) in [6.45, 7) is 16.6. The average molecular weight is 625 g/mol. The Labute approximate surface area is 243 Å². The fraction of sp³-hybridized carbons (Fsp3) is 0.486. The molecule has 0 saturated heterocycles. The van der Waals surface area contributed by atoms with Crippen molar-refractivity contribution in [3.63, 3.8) is 0 Å². The predicted octanol–water partition coefficient (Wildman–Crippen LogP) is 6.07. The number of unbranched alkanes of at least 4 members (excludes halogenated alkanes) is 3. The summed E-state index contributed by atoms with van der Waals surface area (Å²) in [5, 5.41) is 0. The van der Waals surface area contributed by atoms with Gasteiger partial charge >= 0.3 is 245 Å². The summed E-state index contributed by atoms with van der Waals surface area (Å²) in [6, 6.07) is 18.7. The number of fused-ring (bicyclic) bond motifs is 2. The molecule has 2 aliphatic heterocycles. The molecule has 206 valence electrons. The van der Waals surface area contributed by atoms with Gasteiger partial charge in [0.1, 0.15) is 0 Å². The molecule has 2 nitrogen and oxygen atoms in total. The first-order valence-corrected chi connectivity index (χ1v) is 17.8. The maximum absolute atomic E-state index is 2.54. The van der Waals surface area contributed by atoms with Crippen molar-refractivity contribution in [3.8, 4) is 0 Å². The number of anilines is 1. The molecule has 0 saturated carbocycles. The van der Waals surface area contributed by atoms with Gasteiger partial charge < -0.3 is 0 Å². The molecule has 0 radical (unpaired) electrons. The zero-order valence-electron chi connectivity index (χ0n) is 24.8. The van der Waals surface area contributed by atoms with Crippen LogP contribution in [0.15, 0.2) is 84.6 Å². The van der Waals surface area contributed by atoms with Gasteiger partial charge in [-0.25, -0.2) is 0 Å². The van der Waals surface area contributed by atoms with E-state index in [0.717, 1.165) is 13.0 Å². The second-order valence-corrected chi connectivity index (χ2v) is 14.7. The summed E-state index contributed by atoms with van der Waals surface area (Å²) < 4.78 is 1.18. The molecule has 4 rings (SSSR count). The zero-order chi connectivity index (χ0) is 27.4. The SMILES string of the molecule is CCCCCC[N+]1([I-]C)c2ccccc2C(C)(C)C1/C=C/C=C/C=C1/N(CCC)c2ccccc2C1(C)C. The molecule has 2 aromatic rings. The molecule has 0 N–H and O–H groups in total. The summed E-state index contributed by atoms with van der Waals surface area (Å²) in [5.41, 5.74) is 7.51. The van der Waals surface area contributed by atoms with Crippen molar-refractivity contribution >= 4 is 11.4 Å². The van der Waals surface area contributed by atoms with Gasteiger partial charge in [0, 0.05) is 0 Å². The van der Waals surface area contributed by atoms with Crippen LogP contribution in [0.2, 0.25) is 0 Å². The molecule has 2 heterocycles. The minimum atomic E-state index is -0.0348. The van der Waals surface area contributed by atoms with Crippen LogP contribution in [-0.4, -0.2) is 24.1 Å². The molecule has 38 heavy (non-hydrogen) atoms. The number of para-hydroxylation sites is 2. The van der Waals surface area contributed by atoms with Crippen LogP contribution in [0, 0.1) is 0 Å². The Morgan fingerprint density at radius 1 is 0.842 bits per heavy atom. The summed E-state index contributed by atoms with van der Waals surface area (Å²) >= 11 is -0.0348. The van der Waals surface area contributed by atoms with E-state index in [2.05, 4.69) is 130 Å². The van der Waals surface area contributed by atoms with Crippen LogP contribution in [0.4, 0.5) is 11.4 Å². The summed E-state index contributed by atoms with van der Waals surface area (Å²) in [4.78, 5) is 5.03. The Bertz CT molecular complexity index is 1190. The average Bonchev–Trinajstić information content (AvgIpc) is 3.24. The first-order valence-electron chi connectivity index (χ1n) is 14.7. The van der Waals surface area contributed by atoms with Crippen LogP contribution in [0.5, 0.6) is 0 Å². The van der Waals surface area contributed by atoms with Gasteiger partial charge in [-0.15, -0.1) is 0 Å². The standard InChI is InChI=1S/C35H49IN2/c1-8-10-11-19-27-38(36-7)31-23-18-16-21-29(31)35(5,6)33(38)25-14-12-13-24-32-34(3,4)28-20-15-17-22-30(28)37(32)26-9-2/h12-18,20-25,33H,8-11,19,26-27H2,1-7H3/b13-12+,25-14+,32-24+. The third kappa shape index (κ3) is 5.18. The first kappa shape index (κ1) is 29.1. The molecule has 0 aromatic heterocycles. The van der Waals surface area contributed by atoms with Crippen LogP contribution in [0.3, 0.4) is 0 Å². The summed E-state index contributed by atoms with van der Waals surface area (Å²) in [5.74, 6) is 0. The molecule has 2 unspecified atom stereocenters. The third-order valence-corrected chi connectivity index (χ3v) is 12.2. The minimum absolute atomic E-state index is 0.0199. The molecule has 2 aromatic carbocycles. The fourth-order valence-corrected chi connectivity index (χ4v) is 10.1. The van der Waals surface area contributed by atoms with Crippen LogP contribution in [0.25, 0.3) is 0 Å². The number of quaternary nitrogens is 1. The van der Waals surface area contributed by atoms with Crippen LogP contribution in [0.1, 0.15) is 84.8 Å². The number of nitrogens with zero attached hydrogens (tertiary/aromatic N) is 2. The monoisotopic (exact) mass is 624 g/mol. The summed E-state index contributed by atoms with van der Waals surface area (Å²) in [7, 11) is 0. The molecule has 3 heteroatoms. The number of rotatable bonds is 11. The van der Waals surface area contributed by atoms with Gasteiger partial charge in [-0.05, 0) is 0 Å². The van der Waals surface area contributed by atoms with Gasteiger partial charge in [-0.3, -0.25) is 0 Å². The Kier molecular flexibility index (Phi) is 9.30. The van der Waals surface area contributed by atoms with Crippen molar-refractivity contribution in [3.05, 3.63) is 95.7 Å². The van der Waals surface area contributed by atoms with E-state index in [1.807, 2.05) is 0 Å². The molecule has 2 atom stereocenters. The van der Waals surface area contributed by atoms with Crippen molar-refractivity contribution < 1.29 is 21.5 Å². The van der Waals surface area contributed by atoms with E-state index in [-0.39, 0.29) is 32.3 Å². The van der Waals surface area contributed by atoms with Crippen molar-refractivity contribution in [2.75, 3.05) is 22.9 Å². The van der Waals surface area contributed by atoms with Crippen molar-refractivity contribution in [2.45, 2.75) is 90.5 Å². The normalized spacial score (nSPS) is 24.7. The number of hydrogen-bond acceptors (Lipinski definition) is 1. The molecular weight excluding hydrogens is 575 g/mol. The quantitative estimate of drug-likeness (QED) is 0.0965. The van der Waals surface area contributed by atoms with Gasteiger partial charge in [0.25, 0.3) is 0 Å². The third-order valence-electron chi connectivity index (χ3n) is 8.83. The Morgan fingerprint density at radius 3 is 2.26 bits per heavy atom. The summed E-state index contributed by atoms with van der Waals surface area (Å²) in [6.07, 6.45) is 18.2. The van der Waals surface area contributed by atoms with Crippen molar-refractivity contribution in [1.82, 2.24) is 2.70 Å². The van der Waals surface area contributed by atoms with Gasteiger partial charge in [0.2, 0.25) is 0 Å². The van der Waals surface area contributed by atoms with E-state index >= 15 is 0 Å². The van der Waals surface area contributed by atoms with E-state index in [9.17, 15) is 0 Å². The first-order chi connectivity index (χ1) is 18.3. The predicted molar refractivity (Wildman–Crippen MR) is 163 cm³/mol. The second kappa shape index (κ2) is 12.1. The van der Waals surface area contributed by atoms with Crippen LogP contribution in [-0.2, 0) is 10.8 Å². The van der Waals surface area contributed by atoms with Gasteiger partial charge in [0.15, 0.2) is 0 Å². The molecule has 0 amide bonds. The van der Waals surface area contributed by atoms with E-state index in [4.69, 9.17) is 0 Å². The maximum atomic E-state index is 2.54. The number of hydrogen-bond donors (Lipinski definition) is 0. The molecule has 0 fully saturated rings. The van der Waals surface area contributed by atoms with Gasteiger partial charge in [-0.2, -0.15) is 0 Å². The Hall–Kier alpha value is -1.85. The number of halogens is 1. The fourth-order valence-electron chi connectivity index (χ4n) is 6.84. The van der Waals surface area contributed by atoms with E-state index in [1.54, 1.807) is 11.3 Å². The van der Waals surface area contributed by atoms with E-state index in [1.165, 1.54) is 51.9 Å². The molecule has 0 spiro atoms. The molecule has 0 aliphatic carbocycles. The van der Waals surface area contributed by atoms with Crippen LogP contribution < -0.4 is 29.1 Å². The topological polar surface area (TPSA) is 3.24 Å². The molecular formula is C35H49IN2.